The number of piperazine rings is 1. The van der Waals surface area contributed by atoms with E-state index in [0.29, 0.717) is 37.1 Å². The molecule has 2 aliphatic rings. The van der Waals surface area contributed by atoms with Crippen molar-refractivity contribution in [1.82, 2.24) is 19.9 Å². The fraction of sp³-hybridized carbons (Fsp3) is 0.562. The van der Waals surface area contributed by atoms with Crippen molar-refractivity contribution in [3.63, 3.8) is 0 Å². The standard InChI is InChI=1S/C16H20N4O6S/c1-24-8-15(21)20-5-4-19(11-9-27(22,23)10-12(11)20)7-14-17-16(18-26-14)13-3-2-6-25-13/h2-3,6,11-12H,4-5,7-10H2,1H3/t11-,12+/m1/s1. The molecule has 0 aromatic carbocycles. The molecular weight excluding hydrogens is 376 g/mol. The van der Waals surface area contributed by atoms with Crippen molar-refractivity contribution in [1.29, 1.82) is 0 Å². The van der Waals surface area contributed by atoms with Gasteiger partial charge in [0.1, 0.15) is 6.61 Å². The van der Waals surface area contributed by atoms with Crippen LogP contribution in [0.25, 0.3) is 11.6 Å². The van der Waals surface area contributed by atoms with Gasteiger partial charge < -0.3 is 18.6 Å². The zero-order valence-electron chi connectivity index (χ0n) is 14.8. The molecule has 1 amide bonds. The number of hydrogen-bond acceptors (Lipinski definition) is 9. The van der Waals surface area contributed by atoms with Crippen LogP contribution in [0.5, 0.6) is 0 Å². The normalized spacial score (nSPS) is 24.9. The number of ether oxygens (including phenoxy) is 1. The van der Waals surface area contributed by atoms with E-state index >= 15 is 0 Å². The summed E-state index contributed by atoms with van der Waals surface area (Å²) in [7, 11) is -1.78. The number of fused-ring (bicyclic) bond motifs is 1. The highest BCUT2D eigenvalue weighted by molar-refractivity contribution is 7.91. The van der Waals surface area contributed by atoms with E-state index in [1.54, 1.807) is 17.0 Å². The van der Waals surface area contributed by atoms with Crippen molar-refractivity contribution in [2.75, 3.05) is 38.3 Å². The third-order valence-corrected chi connectivity index (χ3v) is 6.63. The number of rotatable bonds is 5. The van der Waals surface area contributed by atoms with E-state index in [4.69, 9.17) is 13.7 Å². The van der Waals surface area contributed by atoms with Gasteiger partial charge >= 0.3 is 0 Å². The summed E-state index contributed by atoms with van der Waals surface area (Å²) in [4.78, 5) is 20.2. The van der Waals surface area contributed by atoms with Crippen LogP contribution in [0.3, 0.4) is 0 Å². The number of nitrogens with zero attached hydrogens (tertiary/aromatic N) is 4. The zero-order chi connectivity index (χ0) is 19.0. The molecule has 2 aromatic heterocycles. The maximum absolute atomic E-state index is 12.3. The van der Waals surface area contributed by atoms with Gasteiger partial charge in [0.25, 0.3) is 0 Å². The Bertz CT molecular complexity index is 909. The van der Waals surface area contributed by atoms with Gasteiger partial charge in [-0.1, -0.05) is 5.16 Å². The predicted molar refractivity (Wildman–Crippen MR) is 92.2 cm³/mol. The summed E-state index contributed by atoms with van der Waals surface area (Å²) in [5.41, 5.74) is 0. The maximum Gasteiger partial charge on any atom is 0.248 e. The van der Waals surface area contributed by atoms with Gasteiger partial charge in [0.05, 0.1) is 30.4 Å². The maximum atomic E-state index is 12.3. The summed E-state index contributed by atoms with van der Waals surface area (Å²) in [5, 5.41) is 3.90. The highest BCUT2D eigenvalue weighted by Gasteiger charge is 2.48. The summed E-state index contributed by atoms with van der Waals surface area (Å²) < 4.78 is 39.9. The van der Waals surface area contributed by atoms with E-state index in [9.17, 15) is 13.2 Å². The Labute approximate surface area is 156 Å². The molecule has 4 heterocycles. The molecule has 0 radical (unpaired) electrons. The smallest absolute Gasteiger partial charge is 0.248 e. The molecule has 11 heteroatoms. The zero-order valence-corrected chi connectivity index (χ0v) is 15.6. The molecule has 0 saturated carbocycles. The first-order valence-electron chi connectivity index (χ1n) is 8.56. The minimum Gasteiger partial charge on any atom is -0.461 e. The predicted octanol–water partition coefficient (Wildman–Crippen LogP) is -0.214. The summed E-state index contributed by atoms with van der Waals surface area (Å²) in [6.07, 6.45) is 1.52. The average molecular weight is 396 g/mol. The number of amides is 1. The average Bonchev–Trinajstić information content (AvgIpc) is 3.33. The molecule has 2 saturated heterocycles. The Morgan fingerprint density at radius 3 is 2.89 bits per heavy atom. The first-order valence-corrected chi connectivity index (χ1v) is 10.4. The number of carbonyl (C=O) groups is 1. The van der Waals surface area contributed by atoms with Crippen molar-refractivity contribution in [2.24, 2.45) is 0 Å². The van der Waals surface area contributed by atoms with Gasteiger partial charge in [-0.05, 0) is 12.1 Å². The largest absolute Gasteiger partial charge is 0.461 e. The minimum absolute atomic E-state index is 0.00755. The van der Waals surface area contributed by atoms with Gasteiger partial charge in [-0.15, -0.1) is 0 Å². The quantitative estimate of drug-likeness (QED) is 0.676. The van der Waals surface area contributed by atoms with Crippen LogP contribution in [0.1, 0.15) is 5.89 Å². The van der Waals surface area contributed by atoms with E-state index in [2.05, 4.69) is 10.1 Å². The van der Waals surface area contributed by atoms with Crippen molar-refractivity contribution in [2.45, 2.75) is 18.6 Å². The van der Waals surface area contributed by atoms with Gasteiger partial charge in [0, 0.05) is 26.2 Å². The Kier molecular flexibility index (Phi) is 4.74. The van der Waals surface area contributed by atoms with Crippen LogP contribution in [-0.2, 0) is 25.9 Å². The van der Waals surface area contributed by atoms with Gasteiger partial charge in [0.15, 0.2) is 15.6 Å². The molecule has 0 bridgehead atoms. The Morgan fingerprint density at radius 1 is 1.33 bits per heavy atom. The third-order valence-electron chi connectivity index (χ3n) is 4.93. The van der Waals surface area contributed by atoms with Gasteiger partial charge in [-0.2, -0.15) is 4.98 Å². The van der Waals surface area contributed by atoms with Gasteiger partial charge in [-0.3, -0.25) is 9.69 Å². The summed E-state index contributed by atoms with van der Waals surface area (Å²) in [6, 6.07) is 2.77. The van der Waals surface area contributed by atoms with E-state index in [-0.39, 0.29) is 36.1 Å². The lowest BCUT2D eigenvalue weighted by atomic mass is 10.0. The lowest BCUT2D eigenvalue weighted by Crippen LogP contribution is -2.60. The highest BCUT2D eigenvalue weighted by Crippen LogP contribution is 2.28. The molecule has 2 aromatic rings. The van der Waals surface area contributed by atoms with E-state index < -0.39 is 9.84 Å². The molecular formula is C16H20N4O6S. The second-order valence-corrected chi connectivity index (χ2v) is 8.85. The SMILES string of the molecule is COCC(=O)N1CCN(Cc2nc(-c3ccco3)no2)[C@@H]2CS(=O)(=O)C[C@@H]21. The number of carbonyl (C=O) groups excluding carboxylic acids is 1. The van der Waals surface area contributed by atoms with Crippen LogP contribution in [0.15, 0.2) is 27.3 Å². The lowest BCUT2D eigenvalue weighted by Gasteiger charge is -2.43. The fourth-order valence-electron chi connectivity index (χ4n) is 3.74. The molecule has 2 atom stereocenters. The second kappa shape index (κ2) is 7.06. The molecule has 2 fully saturated rings. The van der Waals surface area contributed by atoms with Crippen LogP contribution >= 0.6 is 0 Å². The highest BCUT2D eigenvalue weighted by atomic mass is 32.2. The first-order chi connectivity index (χ1) is 13.0. The van der Waals surface area contributed by atoms with Crippen LogP contribution in [-0.4, -0.2) is 84.7 Å². The molecule has 146 valence electrons. The van der Waals surface area contributed by atoms with Crippen LogP contribution in [0, 0.1) is 0 Å². The molecule has 0 unspecified atom stereocenters. The van der Waals surface area contributed by atoms with Crippen LogP contribution in [0.2, 0.25) is 0 Å². The van der Waals surface area contributed by atoms with E-state index in [1.807, 2.05) is 4.90 Å². The van der Waals surface area contributed by atoms with Gasteiger partial charge in [0.2, 0.25) is 17.6 Å². The van der Waals surface area contributed by atoms with E-state index in [1.165, 1.54) is 13.4 Å². The molecule has 0 aliphatic carbocycles. The summed E-state index contributed by atoms with van der Waals surface area (Å²) in [5.74, 6) is 1.00. The topological polar surface area (TPSA) is 119 Å². The minimum atomic E-state index is -3.22. The molecule has 10 nitrogen and oxygen atoms in total. The van der Waals surface area contributed by atoms with Gasteiger partial charge in [-0.25, -0.2) is 8.42 Å². The molecule has 4 rings (SSSR count). The van der Waals surface area contributed by atoms with Crippen LogP contribution < -0.4 is 0 Å². The summed E-state index contributed by atoms with van der Waals surface area (Å²) in [6.45, 7) is 1.21. The number of hydrogen-bond donors (Lipinski definition) is 0. The number of sulfone groups is 1. The number of methoxy groups -OCH3 is 1. The Morgan fingerprint density at radius 2 is 2.15 bits per heavy atom. The summed E-state index contributed by atoms with van der Waals surface area (Å²) >= 11 is 0. The molecule has 0 N–H and O–H groups in total. The monoisotopic (exact) mass is 396 g/mol. The fourth-order valence-corrected chi connectivity index (χ4v) is 5.75. The molecule has 0 spiro atoms. The van der Waals surface area contributed by atoms with Crippen molar-refractivity contribution in [3.05, 3.63) is 24.3 Å². The first kappa shape index (κ1) is 18.1. The Balaban J connectivity index is 1.52. The Hall–Kier alpha value is -2.24. The number of furan rings is 1. The number of aromatic nitrogens is 2. The lowest BCUT2D eigenvalue weighted by molar-refractivity contribution is -0.141. The third kappa shape index (κ3) is 3.62. The van der Waals surface area contributed by atoms with Crippen molar-refractivity contribution >= 4 is 15.7 Å². The van der Waals surface area contributed by atoms with Crippen LogP contribution in [0.4, 0.5) is 0 Å². The van der Waals surface area contributed by atoms with Crippen molar-refractivity contribution < 1.29 is 26.9 Å². The molecule has 27 heavy (non-hydrogen) atoms. The van der Waals surface area contributed by atoms with E-state index in [0.717, 1.165) is 0 Å². The molecule has 2 aliphatic heterocycles. The second-order valence-electron chi connectivity index (χ2n) is 6.69. The van der Waals surface area contributed by atoms with Crippen molar-refractivity contribution in [3.8, 4) is 11.6 Å².